The Morgan fingerprint density at radius 2 is 0.979 bits per heavy atom. The number of phosphoric acid groups is 1. The standard InChI is InChI=1S/C35H69O12P/c1-3-5-7-9-11-13-14-15-16-18-20-22-24-29(36)46-28(26-44-25-23-21-19-17-12-10-8-6-4-2)27-45-48(42,43)47-35-33(40)31(38)30(37)32(39)34(35)41/h28,30-35,37-41H,3-27H2,1-2H3,(H,42,43). The number of rotatable bonds is 31. The minimum absolute atomic E-state index is 0.0699. The molecule has 0 aliphatic heterocycles. The minimum atomic E-state index is -4.99. The van der Waals surface area contributed by atoms with E-state index in [-0.39, 0.29) is 13.0 Å². The lowest BCUT2D eigenvalue weighted by Crippen LogP contribution is -2.64. The number of ether oxygens (including phenoxy) is 2. The van der Waals surface area contributed by atoms with Gasteiger partial charge in [-0.2, -0.15) is 0 Å². The third kappa shape index (κ3) is 20.9. The summed E-state index contributed by atoms with van der Waals surface area (Å²) in [5.74, 6) is -0.477. The van der Waals surface area contributed by atoms with E-state index in [1.165, 1.54) is 89.9 Å². The van der Waals surface area contributed by atoms with Gasteiger partial charge in [0.25, 0.3) is 0 Å². The van der Waals surface area contributed by atoms with Crippen LogP contribution < -0.4 is 0 Å². The molecule has 0 aromatic carbocycles. The molecule has 1 fully saturated rings. The monoisotopic (exact) mass is 712 g/mol. The van der Waals surface area contributed by atoms with Gasteiger partial charge in [-0.05, 0) is 12.8 Å². The van der Waals surface area contributed by atoms with E-state index in [1.54, 1.807) is 0 Å². The van der Waals surface area contributed by atoms with Crippen molar-refractivity contribution in [2.45, 2.75) is 198 Å². The number of carbonyl (C=O) groups excluding carboxylic acids is 1. The van der Waals surface area contributed by atoms with Crippen LogP contribution in [0.3, 0.4) is 0 Å². The number of esters is 1. The predicted molar refractivity (Wildman–Crippen MR) is 184 cm³/mol. The number of phosphoric ester groups is 1. The highest BCUT2D eigenvalue weighted by Crippen LogP contribution is 2.47. The van der Waals surface area contributed by atoms with Gasteiger partial charge in [0.2, 0.25) is 0 Å². The molecular formula is C35H69O12P. The first-order chi connectivity index (χ1) is 23.0. The third-order valence-corrected chi connectivity index (χ3v) is 9.97. The Labute approximate surface area is 289 Å². The van der Waals surface area contributed by atoms with Gasteiger partial charge in [0.15, 0.2) is 0 Å². The number of aliphatic hydroxyl groups excluding tert-OH is 5. The molecule has 0 heterocycles. The lowest BCUT2D eigenvalue weighted by Gasteiger charge is -2.41. The molecule has 1 saturated carbocycles. The summed E-state index contributed by atoms with van der Waals surface area (Å²) in [5.41, 5.74) is 0. The molecule has 0 aromatic rings. The summed E-state index contributed by atoms with van der Waals surface area (Å²) in [6.07, 6.45) is 11.9. The largest absolute Gasteiger partial charge is 0.472 e. The molecule has 0 amide bonds. The lowest BCUT2D eigenvalue weighted by atomic mass is 9.85. The number of aliphatic hydroxyl groups is 5. The summed E-state index contributed by atoms with van der Waals surface area (Å²) in [6, 6.07) is 0. The zero-order chi connectivity index (χ0) is 35.6. The molecule has 6 N–H and O–H groups in total. The van der Waals surface area contributed by atoms with Gasteiger partial charge in [-0.1, -0.05) is 136 Å². The van der Waals surface area contributed by atoms with Crippen molar-refractivity contribution in [3.8, 4) is 0 Å². The van der Waals surface area contributed by atoms with E-state index in [1.807, 2.05) is 0 Å². The summed E-state index contributed by atoms with van der Waals surface area (Å²) in [6.45, 7) is 4.21. The second-order valence-corrected chi connectivity index (χ2v) is 14.8. The highest BCUT2D eigenvalue weighted by molar-refractivity contribution is 7.47. The Balaban J connectivity index is 2.48. The molecule has 286 valence electrons. The third-order valence-electron chi connectivity index (χ3n) is 8.98. The van der Waals surface area contributed by atoms with Gasteiger partial charge < -0.3 is 39.9 Å². The predicted octanol–water partition coefficient (Wildman–Crippen LogP) is 5.86. The highest BCUT2D eigenvalue weighted by Gasteiger charge is 2.51. The van der Waals surface area contributed by atoms with Crippen LogP contribution in [0.4, 0.5) is 0 Å². The Morgan fingerprint density at radius 1 is 0.583 bits per heavy atom. The van der Waals surface area contributed by atoms with Crippen molar-refractivity contribution in [3.63, 3.8) is 0 Å². The quantitative estimate of drug-likeness (QED) is 0.0286. The van der Waals surface area contributed by atoms with E-state index >= 15 is 0 Å². The Bertz CT molecular complexity index is 817. The van der Waals surface area contributed by atoms with Gasteiger partial charge in [0, 0.05) is 13.0 Å². The molecule has 0 saturated heterocycles. The van der Waals surface area contributed by atoms with E-state index in [0.717, 1.165) is 38.5 Å². The fourth-order valence-corrected chi connectivity index (χ4v) is 6.86. The van der Waals surface area contributed by atoms with Crippen molar-refractivity contribution in [2.24, 2.45) is 0 Å². The number of hydrogen-bond acceptors (Lipinski definition) is 11. The Hall–Kier alpha value is -0.660. The smallest absolute Gasteiger partial charge is 0.457 e. The maximum Gasteiger partial charge on any atom is 0.472 e. The summed E-state index contributed by atoms with van der Waals surface area (Å²) in [5, 5.41) is 49.8. The van der Waals surface area contributed by atoms with Crippen LogP contribution in [-0.2, 0) is 27.9 Å². The molecule has 6 unspecified atom stereocenters. The van der Waals surface area contributed by atoms with Gasteiger partial charge in [-0.15, -0.1) is 0 Å². The van der Waals surface area contributed by atoms with E-state index in [2.05, 4.69) is 13.8 Å². The topological polar surface area (TPSA) is 192 Å². The normalized spacial score (nSPS) is 24.8. The van der Waals surface area contributed by atoms with Crippen molar-refractivity contribution >= 4 is 13.8 Å². The van der Waals surface area contributed by atoms with Gasteiger partial charge in [0.1, 0.15) is 42.7 Å². The molecule has 48 heavy (non-hydrogen) atoms. The molecule has 13 heteroatoms. The van der Waals surface area contributed by atoms with E-state index in [0.29, 0.717) is 13.0 Å². The van der Waals surface area contributed by atoms with Crippen LogP contribution in [0.2, 0.25) is 0 Å². The zero-order valence-electron chi connectivity index (χ0n) is 29.8. The Morgan fingerprint density at radius 3 is 1.44 bits per heavy atom. The molecular weight excluding hydrogens is 643 g/mol. The van der Waals surface area contributed by atoms with Crippen molar-refractivity contribution < 1.29 is 58.3 Å². The maximum atomic E-state index is 12.7. The average molecular weight is 713 g/mol. The molecule has 0 spiro atoms. The summed E-state index contributed by atoms with van der Waals surface area (Å²) >= 11 is 0. The maximum absolute atomic E-state index is 12.7. The van der Waals surface area contributed by atoms with Crippen molar-refractivity contribution in [1.29, 1.82) is 0 Å². The highest BCUT2D eigenvalue weighted by atomic mass is 31.2. The molecule has 1 aliphatic rings. The molecule has 1 aliphatic carbocycles. The SMILES string of the molecule is CCCCCCCCCCCCCCC(=O)OC(COCCCCCCCCCCC)COP(=O)(O)OC1C(O)C(O)C(O)C(O)C1O. The van der Waals surface area contributed by atoms with Crippen LogP contribution in [0.15, 0.2) is 0 Å². The lowest BCUT2D eigenvalue weighted by molar-refractivity contribution is -0.220. The van der Waals surface area contributed by atoms with Crippen LogP contribution >= 0.6 is 7.82 Å². The number of hydrogen-bond donors (Lipinski definition) is 6. The molecule has 1 rings (SSSR count). The molecule has 12 nitrogen and oxygen atoms in total. The fraction of sp³-hybridized carbons (Fsp3) is 0.971. The minimum Gasteiger partial charge on any atom is -0.457 e. The number of carbonyl (C=O) groups is 1. The average Bonchev–Trinajstić information content (AvgIpc) is 3.06. The molecule has 0 radical (unpaired) electrons. The van der Waals surface area contributed by atoms with E-state index in [4.69, 9.17) is 18.5 Å². The van der Waals surface area contributed by atoms with Crippen molar-refractivity contribution in [1.82, 2.24) is 0 Å². The van der Waals surface area contributed by atoms with Crippen molar-refractivity contribution in [3.05, 3.63) is 0 Å². The second kappa shape index (κ2) is 28.0. The second-order valence-electron chi connectivity index (χ2n) is 13.4. The van der Waals surface area contributed by atoms with Gasteiger partial charge in [-0.25, -0.2) is 4.57 Å². The summed E-state index contributed by atoms with van der Waals surface area (Å²) in [7, 11) is -4.99. The Kier molecular flexibility index (Phi) is 26.5. The van der Waals surface area contributed by atoms with E-state index in [9.17, 15) is 39.8 Å². The van der Waals surface area contributed by atoms with Crippen molar-refractivity contribution in [2.75, 3.05) is 19.8 Å². The fourth-order valence-electron chi connectivity index (χ4n) is 5.88. The van der Waals surface area contributed by atoms with Crippen LogP contribution in [-0.4, -0.2) is 98.9 Å². The zero-order valence-corrected chi connectivity index (χ0v) is 30.7. The first-order valence-electron chi connectivity index (χ1n) is 18.9. The van der Waals surface area contributed by atoms with Gasteiger partial charge >= 0.3 is 13.8 Å². The van der Waals surface area contributed by atoms with Gasteiger partial charge in [0.05, 0.1) is 13.2 Å². The summed E-state index contributed by atoms with van der Waals surface area (Å²) < 4.78 is 33.9. The summed E-state index contributed by atoms with van der Waals surface area (Å²) in [4.78, 5) is 22.9. The molecule has 0 aromatic heterocycles. The van der Waals surface area contributed by atoms with Gasteiger partial charge in [-0.3, -0.25) is 13.8 Å². The molecule has 6 atom stereocenters. The van der Waals surface area contributed by atoms with Crippen LogP contribution in [0.5, 0.6) is 0 Å². The molecule has 0 bridgehead atoms. The van der Waals surface area contributed by atoms with E-state index < -0.39 is 63.1 Å². The first-order valence-corrected chi connectivity index (χ1v) is 20.4. The first kappa shape index (κ1) is 45.4. The van der Waals surface area contributed by atoms with Crippen LogP contribution in [0.1, 0.15) is 155 Å². The van der Waals surface area contributed by atoms with Crippen LogP contribution in [0, 0.1) is 0 Å². The van der Waals surface area contributed by atoms with Crippen LogP contribution in [0.25, 0.3) is 0 Å². The number of unbranched alkanes of at least 4 members (excludes halogenated alkanes) is 19.